The molecule has 2 aromatic heterocycles. The summed E-state index contributed by atoms with van der Waals surface area (Å²) in [6.45, 7) is 5.66. The molecule has 0 aliphatic carbocycles. The average molecular weight is 529 g/mol. The Balaban J connectivity index is 0.00000300. The third-order valence-electron chi connectivity index (χ3n) is 4.91. The zero-order chi connectivity index (χ0) is 19.6. The number of anilines is 1. The van der Waals surface area contributed by atoms with Gasteiger partial charge in [0.1, 0.15) is 0 Å². The Hall–Kier alpha value is -1.55. The molecule has 3 heterocycles. The van der Waals surface area contributed by atoms with E-state index in [9.17, 15) is 0 Å². The van der Waals surface area contributed by atoms with Gasteiger partial charge in [0.05, 0.1) is 11.6 Å². The molecule has 0 bridgehead atoms. The molecule has 0 spiro atoms. The summed E-state index contributed by atoms with van der Waals surface area (Å²) in [5, 5.41) is 10.5. The van der Waals surface area contributed by atoms with E-state index in [4.69, 9.17) is 4.74 Å². The molecule has 1 aliphatic rings. The fourth-order valence-corrected chi connectivity index (χ4v) is 4.05. The van der Waals surface area contributed by atoms with Crippen LogP contribution >= 0.6 is 35.3 Å². The number of rotatable bonds is 8. The number of thiophene rings is 1. The minimum Gasteiger partial charge on any atom is -0.477 e. The second kappa shape index (κ2) is 12.9. The van der Waals surface area contributed by atoms with Crippen molar-refractivity contribution in [2.75, 3.05) is 31.6 Å². The quantitative estimate of drug-likeness (QED) is 0.232. The van der Waals surface area contributed by atoms with Crippen molar-refractivity contribution in [1.82, 2.24) is 15.6 Å². The number of guanidine groups is 1. The number of ether oxygens (including phenoxy) is 1. The smallest absolute Gasteiger partial charge is 0.218 e. The number of nitrogens with one attached hydrogen (secondary N) is 2. The highest BCUT2D eigenvalue weighted by atomic mass is 127. The van der Waals surface area contributed by atoms with Crippen molar-refractivity contribution >= 4 is 46.3 Å². The zero-order valence-corrected chi connectivity index (χ0v) is 20.4. The highest BCUT2D eigenvalue weighted by Crippen LogP contribution is 2.24. The van der Waals surface area contributed by atoms with Gasteiger partial charge < -0.3 is 20.3 Å². The van der Waals surface area contributed by atoms with E-state index in [0.717, 1.165) is 50.3 Å². The lowest BCUT2D eigenvalue weighted by Gasteiger charge is -2.33. The summed E-state index contributed by atoms with van der Waals surface area (Å²) >= 11 is 1.81. The maximum Gasteiger partial charge on any atom is 0.218 e. The fourth-order valence-electron chi connectivity index (χ4n) is 3.26. The van der Waals surface area contributed by atoms with Crippen molar-refractivity contribution in [3.63, 3.8) is 0 Å². The highest BCUT2D eigenvalue weighted by molar-refractivity contribution is 14.0. The summed E-state index contributed by atoms with van der Waals surface area (Å²) < 4.78 is 5.82. The molecule has 160 valence electrons. The second-order valence-electron chi connectivity index (χ2n) is 6.95. The maximum absolute atomic E-state index is 5.82. The van der Waals surface area contributed by atoms with E-state index in [-0.39, 0.29) is 24.0 Å². The number of halogens is 1. The first-order valence-electron chi connectivity index (χ1n) is 10.1. The van der Waals surface area contributed by atoms with Crippen LogP contribution in [0.3, 0.4) is 0 Å². The molecule has 8 heteroatoms. The van der Waals surface area contributed by atoms with Crippen LogP contribution in [0.5, 0.6) is 5.88 Å². The third kappa shape index (κ3) is 7.33. The van der Waals surface area contributed by atoms with Crippen molar-refractivity contribution < 1.29 is 4.74 Å². The van der Waals surface area contributed by atoms with E-state index in [1.54, 1.807) is 6.20 Å². The first-order chi connectivity index (χ1) is 13.8. The summed E-state index contributed by atoms with van der Waals surface area (Å²) in [4.78, 5) is 11.2. The van der Waals surface area contributed by atoms with E-state index in [2.05, 4.69) is 49.9 Å². The lowest BCUT2D eigenvalue weighted by molar-refractivity contribution is 0.294. The number of aliphatic imine (C=N–C) groups is 1. The minimum absolute atomic E-state index is 0. The van der Waals surface area contributed by atoms with Crippen LogP contribution in [-0.2, 0) is 6.54 Å². The molecule has 6 nitrogen and oxygen atoms in total. The highest BCUT2D eigenvalue weighted by Gasteiger charge is 2.20. The first-order valence-corrected chi connectivity index (χ1v) is 11.0. The lowest BCUT2D eigenvalue weighted by atomic mass is 10.1. The van der Waals surface area contributed by atoms with Crippen LogP contribution in [-0.4, -0.2) is 43.7 Å². The van der Waals surface area contributed by atoms with Gasteiger partial charge in [-0.3, -0.25) is 4.99 Å². The lowest BCUT2D eigenvalue weighted by Crippen LogP contribution is -2.48. The third-order valence-corrected chi connectivity index (χ3v) is 5.84. The SMILES string of the molecule is CCCCOc1ncccc1CNC(=NC)NC1CCN(c2cccs2)CC1.I. The molecule has 0 atom stereocenters. The Morgan fingerprint density at radius 2 is 2.14 bits per heavy atom. The number of aromatic nitrogens is 1. The number of piperidine rings is 1. The van der Waals surface area contributed by atoms with Gasteiger partial charge in [-0.1, -0.05) is 19.4 Å². The number of pyridine rings is 1. The molecule has 29 heavy (non-hydrogen) atoms. The van der Waals surface area contributed by atoms with Gasteiger partial charge in [-0.05, 0) is 42.8 Å². The Bertz CT molecular complexity index is 732. The van der Waals surface area contributed by atoms with Crippen LogP contribution in [0.25, 0.3) is 0 Å². The predicted octanol–water partition coefficient (Wildman–Crippen LogP) is 4.27. The molecule has 2 aromatic rings. The standard InChI is InChI=1S/C21H31N5OS.HI/c1-3-4-14-27-20-17(7-5-11-23-20)16-24-21(22-2)25-18-9-12-26(13-10-18)19-8-6-15-28-19;/h5-8,11,15,18H,3-4,9-10,12-14,16H2,1-2H3,(H2,22,24,25);1H. The molecule has 1 aliphatic heterocycles. The van der Waals surface area contributed by atoms with Gasteiger partial charge in [-0.15, -0.1) is 35.3 Å². The summed E-state index contributed by atoms with van der Waals surface area (Å²) in [6.07, 6.45) is 6.14. The molecule has 0 aromatic carbocycles. The Morgan fingerprint density at radius 3 is 2.83 bits per heavy atom. The van der Waals surface area contributed by atoms with Gasteiger partial charge in [0, 0.05) is 44.5 Å². The molecule has 0 unspecified atom stereocenters. The number of unbranched alkanes of at least 4 members (excludes halogenated alkanes) is 1. The number of hydrogen-bond acceptors (Lipinski definition) is 5. The summed E-state index contributed by atoms with van der Waals surface area (Å²) in [6, 6.07) is 8.76. The molecule has 1 saturated heterocycles. The largest absolute Gasteiger partial charge is 0.477 e. The first kappa shape index (κ1) is 23.7. The molecule has 2 N–H and O–H groups in total. The number of nitrogens with zero attached hydrogens (tertiary/aromatic N) is 3. The van der Waals surface area contributed by atoms with Gasteiger partial charge >= 0.3 is 0 Å². The van der Waals surface area contributed by atoms with Crippen molar-refractivity contribution in [3.05, 3.63) is 41.4 Å². The minimum atomic E-state index is 0. The van der Waals surface area contributed by atoms with E-state index in [0.29, 0.717) is 25.1 Å². The Kier molecular flexibility index (Phi) is 10.5. The molecule has 1 fully saturated rings. The van der Waals surface area contributed by atoms with Gasteiger partial charge in [0.25, 0.3) is 0 Å². The summed E-state index contributed by atoms with van der Waals surface area (Å²) in [5.41, 5.74) is 1.05. The normalized spacial score (nSPS) is 15.0. The maximum atomic E-state index is 5.82. The van der Waals surface area contributed by atoms with E-state index < -0.39 is 0 Å². The van der Waals surface area contributed by atoms with Crippen molar-refractivity contribution in [3.8, 4) is 5.88 Å². The van der Waals surface area contributed by atoms with Crippen molar-refractivity contribution in [2.24, 2.45) is 4.99 Å². The second-order valence-corrected chi connectivity index (χ2v) is 7.88. The van der Waals surface area contributed by atoms with Crippen LogP contribution in [0.1, 0.15) is 38.2 Å². The van der Waals surface area contributed by atoms with Crippen LogP contribution in [0.15, 0.2) is 40.8 Å². The van der Waals surface area contributed by atoms with E-state index >= 15 is 0 Å². The monoisotopic (exact) mass is 529 g/mol. The molecular weight excluding hydrogens is 497 g/mol. The molecule has 0 radical (unpaired) electrons. The average Bonchev–Trinajstić information content (AvgIpc) is 3.27. The Morgan fingerprint density at radius 1 is 1.31 bits per heavy atom. The topological polar surface area (TPSA) is 61.8 Å². The van der Waals surface area contributed by atoms with Crippen LogP contribution < -0.4 is 20.3 Å². The fraction of sp³-hybridized carbons (Fsp3) is 0.524. The van der Waals surface area contributed by atoms with Crippen LogP contribution in [0.2, 0.25) is 0 Å². The zero-order valence-electron chi connectivity index (χ0n) is 17.3. The molecular formula is C21H32IN5OS. The van der Waals surface area contributed by atoms with Crippen LogP contribution in [0.4, 0.5) is 5.00 Å². The molecule has 3 rings (SSSR count). The Labute approximate surface area is 195 Å². The van der Waals surface area contributed by atoms with Gasteiger partial charge in [-0.25, -0.2) is 4.98 Å². The van der Waals surface area contributed by atoms with Crippen molar-refractivity contribution in [2.45, 2.75) is 45.2 Å². The van der Waals surface area contributed by atoms with E-state index in [1.807, 2.05) is 30.5 Å². The van der Waals surface area contributed by atoms with E-state index in [1.165, 1.54) is 5.00 Å². The van der Waals surface area contributed by atoms with Gasteiger partial charge in [0.15, 0.2) is 5.96 Å². The molecule has 0 saturated carbocycles. The van der Waals surface area contributed by atoms with Gasteiger partial charge in [-0.2, -0.15) is 0 Å². The van der Waals surface area contributed by atoms with Crippen molar-refractivity contribution in [1.29, 1.82) is 0 Å². The summed E-state index contributed by atoms with van der Waals surface area (Å²) in [5.74, 6) is 1.54. The molecule has 0 amide bonds. The predicted molar refractivity (Wildman–Crippen MR) is 133 cm³/mol. The van der Waals surface area contributed by atoms with Crippen LogP contribution in [0, 0.1) is 0 Å². The summed E-state index contributed by atoms with van der Waals surface area (Å²) in [7, 11) is 1.82. The number of hydrogen-bond donors (Lipinski definition) is 2. The van der Waals surface area contributed by atoms with Gasteiger partial charge in [0.2, 0.25) is 5.88 Å².